The van der Waals surface area contributed by atoms with E-state index in [0.29, 0.717) is 0 Å². The quantitative estimate of drug-likeness (QED) is 0.159. The van der Waals surface area contributed by atoms with Gasteiger partial charge in [-0.2, -0.15) is 0 Å². The molecule has 1 aromatic heterocycles. The summed E-state index contributed by atoms with van der Waals surface area (Å²) in [5, 5.41) is 48.6. The fourth-order valence-corrected chi connectivity index (χ4v) is 5.86. The Labute approximate surface area is 195 Å². The second kappa shape index (κ2) is 10.7. The van der Waals surface area contributed by atoms with Crippen molar-refractivity contribution in [3.8, 4) is 0 Å². The van der Waals surface area contributed by atoms with Crippen molar-refractivity contribution >= 4 is 15.4 Å². The Morgan fingerprint density at radius 1 is 1.09 bits per heavy atom. The number of H-pyrrole nitrogens is 1. The van der Waals surface area contributed by atoms with Gasteiger partial charge in [0, 0.05) is 12.3 Å². The lowest BCUT2D eigenvalue weighted by Gasteiger charge is -2.35. The van der Waals surface area contributed by atoms with E-state index in [1.165, 1.54) is 0 Å². The van der Waals surface area contributed by atoms with E-state index in [2.05, 4.69) is 8.83 Å². The van der Waals surface area contributed by atoms with E-state index in [9.17, 15) is 48.9 Å². The number of aliphatic hydroxyl groups excluding tert-OH is 5. The Balaban J connectivity index is 1.61. The monoisotopic (exact) mass is 544 g/mol. The molecule has 1 fully saturated rings. The Kier molecular flexibility index (Phi) is 8.53. The summed E-state index contributed by atoms with van der Waals surface area (Å²) >= 11 is 0. The molecule has 0 radical (unpaired) electrons. The van der Waals surface area contributed by atoms with Crippen LogP contribution < -0.4 is 21.0 Å². The van der Waals surface area contributed by atoms with Crippen molar-refractivity contribution in [1.29, 1.82) is 0 Å². The van der Waals surface area contributed by atoms with Crippen molar-refractivity contribution in [1.82, 2.24) is 9.55 Å². The van der Waals surface area contributed by atoms with Gasteiger partial charge in [0.05, 0.1) is 19.4 Å². The van der Waals surface area contributed by atoms with Crippen LogP contribution in [0.1, 0.15) is 6.23 Å². The molecule has 2 aliphatic rings. The van der Waals surface area contributed by atoms with Crippen molar-refractivity contribution in [2.45, 2.75) is 42.9 Å². The molecule has 0 aromatic carbocycles. The summed E-state index contributed by atoms with van der Waals surface area (Å²) in [4.78, 5) is 49.1. The molecule has 1 saturated heterocycles. The van der Waals surface area contributed by atoms with Gasteiger partial charge in [-0.05, 0) is 6.08 Å². The van der Waals surface area contributed by atoms with Crippen LogP contribution in [-0.2, 0) is 27.4 Å². The number of aliphatic hydroxyl groups is 5. The smallest absolute Gasteiger partial charge is 0.330 e. The first-order chi connectivity index (χ1) is 16.2. The molecular formula is C16H22N2O15P2-2. The molecule has 0 bridgehead atoms. The Hall–Kier alpha value is -1.72. The van der Waals surface area contributed by atoms with E-state index < -0.39 is 94.7 Å². The van der Waals surface area contributed by atoms with E-state index >= 15 is 0 Å². The summed E-state index contributed by atoms with van der Waals surface area (Å²) in [6, 6.07) is 0.938. The SMILES string of the molecule is O=c1ccn([C@@H]2O[C@H](COP(=O)([O-])OP(=O)([O-])CC3=C[C@@H](O)[C@@H](O)C(CO)O3)C(O)C2O)c(=O)[nH]1. The highest BCUT2D eigenvalue weighted by Crippen LogP contribution is 2.56. The first kappa shape index (κ1) is 27.9. The number of aromatic amines is 1. The van der Waals surface area contributed by atoms with Crippen molar-refractivity contribution in [2.75, 3.05) is 19.4 Å². The van der Waals surface area contributed by atoms with Gasteiger partial charge in [-0.1, -0.05) is 0 Å². The first-order valence-electron chi connectivity index (χ1n) is 9.87. The Bertz CT molecular complexity index is 1150. The average Bonchev–Trinajstić information content (AvgIpc) is 3.02. The lowest BCUT2D eigenvalue weighted by molar-refractivity contribution is -0.234. The van der Waals surface area contributed by atoms with E-state index in [4.69, 9.17) is 14.6 Å². The lowest BCUT2D eigenvalue weighted by Crippen LogP contribution is -2.44. The number of nitrogens with zero attached hydrogens (tertiary/aromatic N) is 1. The highest BCUT2D eigenvalue weighted by molar-refractivity contribution is 7.62. The van der Waals surface area contributed by atoms with Crippen LogP contribution in [0.25, 0.3) is 0 Å². The molecule has 19 heteroatoms. The van der Waals surface area contributed by atoms with Gasteiger partial charge in [0.1, 0.15) is 42.4 Å². The molecule has 3 heterocycles. The van der Waals surface area contributed by atoms with Crippen molar-refractivity contribution < 1.29 is 62.8 Å². The molecular weight excluding hydrogens is 522 g/mol. The van der Waals surface area contributed by atoms with Gasteiger partial charge in [0.25, 0.3) is 13.4 Å². The number of hydrogen-bond acceptors (Lipinski definition) is 15. The van der Waals surface area contributed by atoms with Crippen molar-refractivity contribution in [3.05, 3.63) is 44.9 Å². The second-order valence-corrected chi connectivity index (χ2v) is 11.0. The number of rotatable bonds is 9. The first-order valence-corrected chi connectivity index (χ1v) is 13.1. The zero-order chi connectivity index (χ0) is 26.1. The standard InChI is InChI=1S/C16H24N2O15P2/c19-4-9-12(22)8(20)3-7(31-9)6-34(26,27)33-35(28,29)30-5-10-13(23)14(24)15(32-10)18-2-1-11(21)17-16(18)25/h1-3,8-10,12-15,19-20,22-24H,4-6H2,(H,26,27)(H,28,29)(H,17,21,25)/p-2/t8-,9?,10-,12-,13?,14?,15-/m1/s1. The van der Waals surface area contributed by atoms with E-state index in [-0.39, 0.29) is 0 Å². The molecule has 17 nitrogen and oxygen atoms in total. The summed E-state index contributed by atoms with van der Waals surface area (Å²) in [5.41, 5.74) is -1.72. The third kappa shape index (κ3) is 6.74. The summed E-state index contributed by atoms with van der Waals surface area (Å²) in [6.07, 6.45) is -10.5. The summed E-state index contributed by atoms with van der Waals surface area (Å²) < 4.78 is 43.7. The maximum absolute atomic E-state index is 12.2. The van der Waals surface area contributed by atoms with Gasteiger partial charge in [0.15, 0.2) is 13.8 Å². The van der Waals surface area contributed by atoms with Crippen molar-refractivity contribution in [2.24, 2.45) is 0 Å². The van der Waals surface area contributed by atoms with Gasteiger partial charge in [-0.25, -0.2) is 4.79 Å². The Morgan fingerprint density at radius 2 is 1.77 bits per heavy atom. The highest BCUT2D eigenvalue weighted by atomic mass is 31.3. The van der Waals surface area contributed by atoms with Gasteiger partial charge in [-0.15, -0.1) is 0 Å². The highest BCUT2D eigenvalue weighted by Gasteiger charge is 2.44. The third-order valence-electron chi connectivity index (χ3n) is 5.00. The van der Waals surface area contributed by atoms with Crippen LogP contribution in [0.2, 0.25) is 0 Å². The zero-order valence-electron chi connectivity index (χ0n) is 17.6. The predicted molar refractivity (Wildman–Crippen MR) is 106 cm³/mol. The van der Waals surface area contributed by atoms with Gasteiger partial charge in [-0.3, -0.25) is 23.2 Å². The number of nitrogens with one attached hydrogen (secondary N) is 1. The number of aromatic nitrogens is 2. The van der Waals surface area contributed by atoms with Crippen LogP contribution in [0.3, 0.4) is 0 Å². The maximum Gasteiger partial charge on any atom is 0.330 e. The summed E-state index contributed by atoms with van der Waals surface area (Å²) in [6.45, 7) is -1.80. The minimum atomic E-state index is -5.60. The molecule has 0 amide bonds. The normalized spacial score (nSPS) is 34.5. The Morgan fingerprint density at radius 3 is 2.40 bits per heavy atom. The number of phosphoric ester groups is 1. The van der Waals surface area contributed by atoms with Crippen LogP contribution in [-0.4, -0.2) is 91.1 Å². The van der Waals surface area contributed by atoms with Gasteiger partial charge >= 0.3 is 5.69 Å². The zero-order valence-corrected chi connectivity index (χ0v) is 19.3. The predicted octanol–water partition coefficient (Wildman–Crippen LogP) is -4.79. The minimum Gasteiger partial charge on any atom is -0.778 e. The van der Waals surface area contributed by atoms with Crippen LogP contribution in [0.4, 0.5) is 0 Å². The van der Waals surface area contributed by atoms with Crippen LogP contribution >= 0.6 is 15.4 Å². The molecule has 9 atom stereocenters. The summed E-state index contributed by atoms with van der Waals surface area (Å²) in [5.74, 6) is -0.493. The molecule has 0 saturated carbocycles. The van der Waals surface area contributed by atoms with Gasteiger partial charge < -0.3 is 53.9 Å². The molecule has 0 aliphatic carbocycles. The topological polar surface area (TPSA) is 273 Å². The molecule has 5 unspecified atom stereocenters. The van der Waals surface area contributed by atoms with E-state index in [1.807, 2.05) is 4.98 Å². The second-order valence-electron chi connectivity index (χ2n) is 7.61. The largest absolute Gasteiger partial charge is 0.778 e. The van der Waals surface area contributed by atoms with Gasteiger partial charge in [0.2, 0.25) is 0 Å². The minimum absolute atomic E-state index is 0.493. The van der Waals surface area contributed by atoms with E-state index in [0.717, 1.165) is 22.9 Å². The molecule has 3 rings (SSSR count). The van der Waals surface area contributed by atoms with Crippen LogP contribution in [0, 0.1) is 0 Å². The average molecular weight is 544 g/mol. The fraction of sp³-hybridized carbons (Fsp3) is 0.625. The van der Waals surface area contributed by atoms with E-state index in [1.54, 1.807) is 0 Å². The molecule has 35 heavy (non-hydrogen) atoms. The van der Waals surface area contributed by atoms with Crippen LogP contribution in [0.5, 0.6) is 0 Å². The number of phosphoric acid groups is 1. The van der Waals surface area contributed by atoms with Crippen molar-refractivity contribution in [3.63, 3.8) is 0 Å². The fourth-order valence-electron chi connectivity index (χ4n) is 3.33. The number of allylic oxidation sites excluding steroid dienone is 1. The van der Waals surface area contributed by atoms with Crippen LogP contribution in [0.15, 0.2) is 33.7 Å². The number of hydrogen-bond donors (Lipinski definition) is 6. The lowest BCUT2D eigenvalue weighted by atomic mass is 10.1. The molecule has 198 valence electrons. The summed E-state index contributed by atoms with van der Waals surface area (Å²) in [7, 11) is -10.9. The molecule has 2 aliphatic heterocycles. The number of ether oxygens (including phenoxy) is 2. The third-order valence-corrected chi connectivity index (χ3v) is 7.96. The maximum atomic E-state index is 12.2. The molecule has 6 N–H and O–H groups in total. The molecule has 0 spiro atoms. The molecule has 1 aromatic rings.